The number of rotatable bonds is 9. The number of hydrogen-bond acceptors (Lipinski definition) is 3. The average Bonchev–Trinajstić information content (AvgIpc) is 2.67. The summed E-state index contributed by atoms with van der Waals surface area (Å²) in [4.78, 5) is 20.9. The second-order valence-electron chi connectivity index (χ2n) is 5.76. The second-order valence-corrected chi connectivity index (χ2v) is 5.76. The van der Waals surface area contributed by atoms with Crippen LogP contribution in [0.15, 0.2) is 79.5 Å². The van der Waals surface area contributed by atoms with E-state index in [4.69, 9.17) is 0 Å². The molecule has 0 heterocycles. The van der Waals surface area contributed by atoms with E-state index in [1.807, 2.05) is 56.5 Å². The molecule has 1 aromatic carbocycles. The molecule has 4 heteroatoms. The van der Waals surface area contributed by atoms with E-state index in [0.717, 1.165) is 23.2 Å². The average molecular weight is 367 g/mol. The molecule has 0 unspecified atom stereocenters. The summed E-state index contributed by atoms with van der Waals surface area (Å²) in [6.45, 7) is 12.7. The Kier molecular flexibility index (Phi) is 13.6. The lowest BCUT2D eigenvalue weighted by molar-refractivity contribution is -0.131. The Morgan fingerprint density at radius 3 is 2.48 bits per heavy atom. The number of carbonyl (C=O) groups is 2. The predicted molar refractivity (Wildman–Crippen MR) is 115 cm³/mol. The number of aldehydes is 1. The molecule has 0 fully saturated rings. The number of amides is 1. The number of carbonyl (C=O) groups excluding carboxylic acids is 2. The molecule has 0 radical (unpaired) electrons. The van der Waals surface area contributed by atoms with Crippen LogP contribution in [-0.2, 0) is 16.1 Å². The van der Waals surface area contributed by atoms with E-state index in [0.29, 0.717) is 6.54 Å². The van der Waals surface area contributed by atoms with Gasteiger partial charge in [-0.3, -0.25) is 9.59 Å². The normalized spacial score (nSPS) is 11.0. The van der Waals surface area contributed by atoms with Crippen LogP contribution in [0.3, 0.4) is 0 Å². The fourth-order valence-electron chi connectivity index (χ4n) is 2.02. The number of benzene rings is 1. The maximum atomic E-state index is 10.8. The standard InChI is InChI=1S/C12H13NO2.C11H17N/c1-9(2)11-6-4-3-5-10(11)7-13-12(15)8-14;1-4-5-6-8-11(2)9-7-10-12-3/h3-6,8H,1,7H2,2H3,(H,13,15);4-9,12H,1,10H2,2-3H3/b;6-5-,9-7+,11-8+. The second kappa shape index (κ2) is 15.3. The largest absolute Gasteiger partial charge is 0.346 e. The zero-order chi connectivity index (χ0) is 20.5. The van der Waals surface area contributed by atoms with Crippen LogP contribution in [0.4, 0.5) is 0 Å². The molecule has 4 nitrogen and oxygen atoms in total. The van der Waals surface area contributed by atoms with Crippen molar-refractivity contribution in [2.24, 2.45) is 0 Å². The molecule has 0 aliphatic carbocycles. The molecule has 1 aromatic rings. The highest BCUT2D eigenvalue weighted by Gasteiger charge is 2.03. The Bertz CT molecular complexity index is 713. The Hall–Kier alpha value is -2.98. The minimum Gasteiger partial charge on any atom is -0.346 e. The van der Waals surface area contributed by atoms with E-state index in [-0.39, 0.29) is 6.29 Å². The lowest BCUT2D eigenvalue weighted by Crippen LogP contribution is -2.23. The molecule has 0 aliphatic rings. The van der Waals surface area contributed by atoms with Gasteiger partial charge in [0.25, 0.3) is 5.91 Å². The molecule has 1 rings (SSSR count). The lowest BCUT2D eigenvalue weighted by Gasteiger charge is -2.08. The first kappa shape index (κ1) is 24.0. The SMILES string of the molecule is C=C(C)c1ccccc1CNC(=O)C=O.C=C\C=C/C=C(C)/C=C/CNC. The van der Waals surface area contributed by atoms with Crippen LogP contribution < -0.4 is 10.6 Å². The van der Waals surface area contributed by atoms with E-state index in [2.05, 4.69) is 42.9 Å². The quantitative estimate of drug-likeness (QED) is 0.395. The van der Waals surface area contributed by atoms with Gasteiger partial charge in [0.2, 0.25) is 6.29 Å². The van der Waals surface area contributed by atoms with Crippen molar-refractivity contribution >= 4 is 17.8 Å². The van der Waals surface area contributed by atoms with Crippen molar-refractivity contribution in [2.75, 3.05) is 13.6 Å². The third-order valence-electron chi connectivity index (χ3n) is 3.35. The van der Waals surface area contributed by atoms with Crippen molar-refractivity contribution in [3.05, 3.63) is 90.6 Å². The molecule has 0 spiro atoms. The van der Waals surface area contributed by atoms with Crippen LogP contribution in [-0.4, -0.2) is 25.8 Å². The maximum absolute atomic E-state index is 10.8. The first-order valence-electron chi connectivity index (χ1n) is 8.70. The molecule has 27 heavy (non-hydrogen) atoms. The predicted octanol–water partition coefficient (Wildman–Crippen LogP) is 3.99. The number of allylic oxidation sites excluding steroid dienone is 7. The third kappa shape index (κ3) is 12.1. The smallest absolute Gasteiger partial charge is 0.284 e. The summed E-state index contributed by atoms with van der Waals surface area (Å²) >= 11 is 0. The minimum atomic E-state index is -0.605. The molecule has 0 saturated heterocycles. The molecule has 1 amide bonds. The summed E-state index contributed by atoms with van der Waals surface area (Å²) in [6, 6.07) is 7.63. The van der Waals surface area contributed by atoms with Gasteiger partial charge < -0.3 is 10.6 Å². The van der Waals surface area contributed by atoms with Crippen LogP contribution in [0.5, 0.6) is 0 Å². The van der Waals surface area contributed by atoms with Gasteiger partial charge in [0.05, 0.1) is 0 Å². The fourth-order valence-corrected chi connectivity index (χ4v) is 2.02. The van der Waals surface area contributed by atoms with E-state index in [1.54, 1.807) is 6.08 Å². The summed E-state index contributed by atoms with van der Waals surface area (Å²) in [5.41, 5.74) is 4.14. The zero-order valence-corrected chi connectivity index (χ0v) is 16.5. The summed E-state index contributed by atoms with van der Waals surface area (Å²) in [5.74, 6) is -0.605. The van der Waals surface area contributed by atoms with Crippen LogP contribution in [0, 0.1) is 0 Å². The Morgan fingerprint density at radius 2 is 1.89 bits per heavy atom. The minimum absolute atomic E-state index is 0.267. The number of likely N-dealkylation sites (N-methyl/N-ethyl adjacent to an activating group) is 1. The maximum Gasteiger partial charge on any atom is 0.284 e. The monoisotopic (exact) mass is 366 g/mol. The van der Waals surface area contributed by atoms with Crippen molar-refractivity contribution in [1.82, 2.24) is 10.6 Å². The van der Waals surface area contributed by atoms with Gasteiger partial charge >= 0.3 is 0 Å². The van der Waals surface area contributed by atoms with Crippen molar-refractivity contribution in [1.29, 1.82) is 0 Å². The summed E-state index contributed by atoms with van der Waals surface area (Å²) in [5, 5.41) is 5.54. The molecule has 0 aromatic heterocycles. The highest BCUT2D eigenvalue weighted by Crippen LogP contribution is 2.16. The van der Waals surface area contributed by atoms with E-state index < -0.39 is 5.91 Å². The van der Waals surface area contributed by atoms with Gasteiger partial charge in [0.15, 0.2) is 0 Å². The Balaban J connectivity index is 0.000000516. The van der Waals surface area contributed by atoms with Crippen molar-refractivity contribution in [3.8, 4) is 0 Å². The molecule has 0 saturated carbocycles. The van der Waals surface area contributed by atoms with Crippen LogP contribution in [0.1, 0.15) is 25.0 Å². The zero-order valence-electron chi connectivity index (χ0n) is 16.5. The van der Waals surface area contributed by atoms with Crippen LogP contribution in [0.2, 0.25) is 0 Å². The molecule has 0 bridgehead atoms. The van der Waals surface area contributed by atoms with Crippen LogP contribution in [0.25, 0.3) is 5.57 Å². The Morgan fingerprint density at radius 1 is 1.19 bits per heavy atom. The van der Waals surface area contributed by atoms with Gasteiger partial charge in [-0.2, -0.15) is 0 Å². The van der Waals surface area contributed by atoms with Gasteiger partial charge in [0, 0.05) is 13.1 Å². The van der Waals surface area contributed by atoms with Gasteiger partial charge in [-0.25, -0.2) is 0 Å². The van der Waals surface area contributed by atoms with E-state index in [9.17, 15) is 9.59 Å². The van der Waals surface area contributed by atoms with Crippen molar-refractivity contribution in [3.63, 3.8) is 0 Å². The molecule has 0 aliphatic heterocycles. The molecular formula is C23H30N2O2. The summed E-state index contributed by atoms with van der Waals surface area (Å²) in [6.07, 6.45) is 12.2. The van der Waals surface area contributed by atoms with Crippen molar-refractivity contribution in [2.45, 2.75) is 20.4 Å². The summed E-state index contributed by atoms with van der Waals surface area (Å²) < 4.78 is 0. The molecule has 144 valence electrons. The van der Waals surface area contributed by atoms with Gasteiger partial charge in [-0.1, -0.05) is 85.0 Å². The number of hydrogen-bond donors (Lipinski definition) is 2. The highest BCUT2D eigenvalue weighted by molar-refractivity contribution is 6.23. The van der Waals surface area contributed by atoms with Crippen molar-refractivity contribution < 1.29 is 9.59 Å². The Labute approximate surface area is 163 Å². The first-order valence-corrected chi connectivity index (χ1v) is 8.70. The van der Waals surface area contributed by atoms with E-state index in [1.165, 1.54) is 5.57 Å². The van der Waals surface area contributed by atoms with Gasteiger partial charge in [0.1, 0.15) is 0 Å². The fraction of sp³-hybridized carbons (Fsp3) is 0.217. The van der Waals surface area contributed by atoms with Gasteiger partial charge in [-0.05, 0) is 32.0 Å². The topological polar surface area (TPSA) is 58.2 Å². The molecule has 0 atom stereocenters. The van der Waals surface area contributed by atoms with Crippen LogP contribution >= 0.6 is 0 Å². The third-order valence-corrected chi connectivity index (χ3v) is 3.35. The van der Waals surface area contributed by atoms with Gasteiger partial charge in [-0.15, -0.1) is 0 Å². The number of nitrogens with one attached hydrogen (secondary N) is 2. The highest BCUT2D eigenvalue weighted by atomic mass is 16.2. The first-order chi connectivity index (χ1) is 13.0. The summed E-state index contributed by atoms with van der Waals surface area (Å²) in [7, 11) is 1.93. The van der Waals surface area contributed by atoms with E-state index >= 15 is 0 Å². The molecular weight excluding hydrogens is 336 g/mol. The lowest BCUT2D eigenvalue weighted by atomic mass is 10.0. The molecule has 2 N–H and O–H groups in total.